The van der Waals surface area contributed by atoms with Gasteiger partial charge in [-0.3, -0.25) is 4.99 Å². The molecular weight excluding hydrogens is 178 g/mol. The molecule has 0 unspecified atom stereocenters. The molecule has 0 fully saturated rings. The fourth-order valence-corrected chi connectivity index (χ4v) is 1.51. The van der Waals surface area contributed by atoms with E-state index in [1.807, 2.05) is 30.7 Å². The maximum Gasteiger partial charge on any atom is 0.135 e. The second-order valence-electron chi connectivity index (χ2n) is 3.36. The third-order valence-electron chi connectivity index (χ3n) is 2.41. The summed E-state index contributed by atoms with van der Waals surface area (Å²) in [5, 5.41) is 9.05. The first kappa shape index (κ1) is 9.15. The number of aliphatic hydroxyl groups excluding tert-OH is 1. The van der Waals surface area contributed by atoms with Gasteiger partial charge in [0.1, 0.15) is 5.82 Å². The zero-order valence-electron chi connectivity index (χ0n) is 8.36. The highest BCUT2D eigenvalue weighted by Gasteiger charge is 2.12. The molecule has 0 aromatic carbocycles. The van der Waals surface area contributed by atoms with Crippen LogP contribution in [0.3, 0.4) is 0 Å². The van der Waals surface area contributed by atoms with Crippen LogP contribution in [-0.4, -0.2) is 20.4 Å². The normalized spacial score (nSPS) is 14.9. The number of aliphatic imine (C=N–C) groups is 1. The molecule has 0 spiro atoms. The van der Waals surface area contributed by atoms with Crippen molar-refractivity contribution in [2.45, 2.75) is 27.0 Å². The Balaban J connectivity index is 2.50. The summed E-state index contributed by atoms with van der Waals surface area (Å²) < 4.78 is 1.98. The quantitative estimate of drug-likeness (QED) is 0.723. The monoisotopic (exact) mass is 191 g/mol. The van der Waals surface area contributed by atoms with E-state index in [9.17, 15) is 0 Å². The average molecular weight is 191 g/mol. The van der Waals surface area contributed by atoms with Crippen molar-refractivity contribution in [3.05, 3.63) is 23.3 Å². The lowest BCUT2D eigenvalue weighted by molar-refractivity contribution is 0.276. The smallest absolute Gasteiger partial charge is 0.135 e. The van der Waals surface area contributed by atoms with E-state index in [0.717, 1.165) is 22.9 Å². The number of rotatable bonds is 1. The van der Waals surface area contributed by atoms with E-state index in [1.165, 1.54) is 0 Å². The number of nitrogens with zero attached hydrogens (tertiary/aromatic N) is 3. The molecule has 0 saturated heterocycles. The molecule has 74 valence electrons. The maximum absolute atomic E-state index is 9.05. The predicted molar refractivity (Wildman–Crippen MR) is 55.0 cm³/mol. The van der Waals surface area contributed by atoms with E-state index in [-0.39, 0.29) is 6.61 Å². The van der Waals surface area contributed by atoms with Crippen LogP contribution in [0.15, 0.2) is 11.1 Å². The second kappa shape index (κ2) is 3.38. The van der Waals surface area contributed by atoms with Gasteiger partial charge in [0.25, 0.3) is 0 Å². The van der Waals surface area contributed by atoms with Gasteiger partial charge in [-0.15, -0.1) is 0 Å². The number of hydrogen-bond donors (Lipinski definition) is 1. The number of allylic oxidation sites excluding steroid dienone is 1. The van der Waals surface area contributed by atoms with Crippen LogP contribution in [0, 0.1) is 6.92 Å². The van der Waals surface area contributed by atoms with E-state index in [4.69, 9.17) is 5.11 Å². The van der Waals surface area contributed by atoms with Crippen LogP contribution in [0.4, 0.5) is 0 Å². The minimum absolute atomic E-state index is 0.0115. The molecule has 2 rings (SSSR count). The number of aromatic nitrogens is 2. The Bertz CT molecular complexity index is 415. The van der Waals surface area contributed by atoms with Crippen molar-refractivity contribution in [2.75, 3.05) is 0 Å². The molecule has 1 aromatic rings. The van der Waals surface area contributed by atoms with Gasteiger partial charge in [-0.1, -0.05) is 0 Å². The minimum Gasteiger partial charge on any atom is -0.390 e. The molecule has 0 amide bonds. The van der Waals surface area contributed by atoms with Crippen LogP contribution >= 0.6 is 0 Å². The second-order valence-corrected chi connectivity index (χ2v) is 3.36. The summed E-state index contributed by atoms with van der Waals surface area (Å²) in [5.41, 5.74) is 2.73. The fraction of sp³-hybridized carbons (Fsp3) is 0.400. The Morgan fingerprint density at radius 2 is 2.29 bits per heavy atom. The zero-order chi connectivity index (χ0) is 10.1. The van der Waals surface area contributed by atoms with E-state index in [2.05, 4.69) is 9.98 Å². The maximum atomic E-state index is 9.05. The molecular formula is C10H13N3O. The molecule has 0 atom stereocenters. The number of hydrogen-bond acceptors (Lipinski definition) is 3. The van der Waals surface area contributed by atoms with E-state index in [1.54, 1.807) is 0 Å². The highest BCUT2D eigenvalue weighted by Crippen LogP contribution is 2.14. The Kier molecular flexibility index (Phi) is 2.21. The van der Waals surface area contributed by atoms with Gasteiger partial charge < -0.3 is 9.67 Å². The van der Waals surface area contributed by atoms with Gasteiger partial charge in [-0.25, -0.2) is 4.98 Å². The molecule has 1 N–H and O–H groups in total. The van der Waals surface area contributed by atoms with Crippen LogP contribution in [0.5, 0.6) is 0 Å². The van der Waals surface area contributed by atoms with Gasteiger partial charge in [0.05, 0.1) is 18.8 Å². The third kappa shape index (κ3) is 1.37. The van der Waals surface area contributed by atoms with E-state index in [0.29, 0.717) is 6.54 Å². The summed E-state index contributed by atoms with van der Waals surface area (Å²) in [6.07, 6.45) is 3.90. The first-order valence-electron chi connectivity index (χ1n) is 4.59. The average Bonchev–Trinajstić information content (AvgIpc) is 2.36. The molecule has 14 heavy (non-hydrogen) atoms. The third-order valence-corrected chi connectivity index (χ3v) is 2.41. The number of fused-ring (bicyclic) bond motifs is 1. The predicted octanol–water partition coefficient (Wildman–Crippen LogP) is 1.13. The van der Waals surface area contributed by atoms with E-state index < -0.39 is 0 Å². The van der Waals surface area contributed by atoms with Crippen molar-refractivity contribution in [1.82, 2.24) is 9.55 Å². The molecule has 0 bridgehead atoms. The Morgan fingerprint density at radius 1 is 1.50 bits per heavy atom. The van der Waals surface area contributed by atoms with Crippen molar-refractivity contribution in [3.63, 3.8) is 0 Å². The lowest BCUT2D eigenvalue weighted by atomic mass is 10.3. The van der Waals surface area contributed by atoms with Gasteiger partial charge in [0.2, 0.25) is 0 Å². The molecule has 0 radical (unpaired) electrons. The van der Waals surface area contributed by atoms with Crippen molar-refractivity contribution in [2.24, 2.45) is 4.99 Å². The fourth-order valence-electron chi connectivity index (χ4n) is 1.51. The van der Waals surface area contributed by atoms with Gasteiger partial charge in [0.15, 0.2) is 0 Å². The summed E-state index contributed by atoms with van der Waals surface area (Å²) in [6.45, 7) is 4.49. The van der Waals surface area contributed by atoms with Crippen LogP contribution in [0.1, 0.15) is 24.1 Å². The Labute approximate surface area is 82.6 Å². The number of imidazole rings is 1. The molecule has 4 nitrogen and oxygen atoms in total. The molecule has 2 heterocycles. The van der Waals surface area contributed by atoms with Gasteiger partial charge >= 0.3 is 0 Å². The first-order chi connectivity index (χ1) is 6.72. The van der Waals surface area contributed by atoms with Crippen LogP contribution < -0.4 is 0 Å². The summed E-state index contributed by atoms with van der Waals surface area (Å²) >= 11 is 0. The summed E-state index contributed by atoms with van der Waals surface area (Å²) in [5.74, 6) is 0.889. The van der Waals surface area contributed by atoms with E-state index >= 15 is 0 Å². The highest BCUT2D eigenvalue weighted by atomic mass is 16.3. The summed E-state index contributed by atoms with van der Waals surface area (Å²) in [4.78, 5) is 8.64. The Hall–Kier alpha value is -1.42. The topological polar surface area (TPSA) is 50.4 Å². The molecule has 1 aliphatic rings. The van der Waals surface area contributed by atoms with Gasteiger partial charge in [-0.2, -0.15) is 0 Å². The molecule has 0 aliphatic carbocycles. The molecule has 4 heteroatoms. The van der Waals surface area contributed by atoms with Crippen molar-refractivity contribution < 1.29 is 5.11 Å². The Morgan fingerprint density at radius 3 is 3.00 bits per heavy atom. The lowest BCUT2D eigenvalue weighted by Crippen LogP contribution is -1.95. The zero-order valence-corrected chi connectivity index (χ0v) is 8.36. The molecule has 1 aromatic heterocycles. The lowest BCUT2D eigenvalue weighted by Gasteiger charge is -1.99. The summed E-state index contributed by atoms with van der Waals surface area (Å²) in [7, 11) is 0. The van der Waals surface area contributed by atoms with Crippen molar-refractivity contribution >= 4 is 11.9 Å². The van der Waals surface area contributed by atoms with Crippen LogP contribution in [0.25, 0.3) is 6.20 Å². The highest BCUT2D eigenvalue weighted by molar-refractivity contribution is 5.95. The van der Waals surface area contributed by atoms with Crippen LogP contribution in [0.2, 0.25) is 0 Å². The standard InChI is InChI=1S/C10H13N3O/c1-7-3-4-13-8(2)9(6-14)12-10(13)5-11-7/h3-4,14H,5-6H2,1-2H3. The molecule has 0 saturated carbocycles. The minimum atomic E-state index is -0.0115. The first-order valence-corrected chi connectivity index (χ1v) is 4.59. The van der Waals surface area contributed by atoms with Crippen molar-refractivity contribution in [3.8, 4) is 0 Å². The van der Waals surface area contributed by atoms with Gasteiger partial charge in [-0.05, 0) is 19.9 Å². The van der Waals surface area contributed by atoms with Crippen molar-refractivity contribution in [1.29, 1.82) is 0 Å². The number of aliphatic hydroxyl groups is 1. The van der Waals surface area contributed by atoms with Gasteiger partial charge in [0, 0.05) is 17.6 Å². The SMILES string of the molecule is CC1=NCc2nc(CO)c(C)n2C=C1. The largest absolute Gasteiger partial charge is 0.390 e. The summed E-state index contributed by atoms with van der Waals surface area (Å²) in [6, 6.07) is 0. The van der Waals surface area contributed by atoms with Crippen LogP contribution in [-0.2, 0) is 13.2 Å². The molecule has 1 aliphatic heterocycles.